The van der Waals surface area contributed by atoms with E-state index in [9.17, 15) is 0 Å². The van der Waals surface area contributed by atoms with Crippen LogP contribution in [0.3, 0.4) is 0 Å². The maximum absolute atomic E-state index is 2.43. The van der Waals surface area contributed by atoms with Crippen LogP contribution in [0.5, 0.6) is 0 Å². The summed E-state index contributed by atoms with van der Waals surface area (Å²) in [5.41, 5.74) is 0. The fourth-order valence-electron chi connectivity index (χ4n) is 4.36. The van der Waals surface area contributed by atoms with Crippen LogP contribution in [0.4, 0.5) is 0 Å². The molecule has 0 heteroatoms. The van der Waals surface area contributed by atoms with Gasteiger partial charge < -0.3 is 0 Å². The van der Waals surface area contributed by atoms with Gasteiger partial charge in [0.05, 0.1) is 0 Å². The third kappa shape index (κ3) is 1.43. The highest BCUT2D eigenvalue weighted by Gasteiger charge is 2.49. The van der Waals surface area contributed by atoms with Crippen LogP contribution in [0.25, 0.3) is 0 Å². The van der Waals surface area contributed by atoms with Gasteiger partial charge in [-0.2, -0.15) is 0 Å². The summed E-state index contributed by atoms with van der Waals surface area (Å²) in [5, 5.41) is 0. The average molecular weight is 180 g/mol. The molecule has 0 nitrogen and oxygen atoms in total. The molecular formula is C13H24. The lowest BCUT2D eigenvalue weighted by Crippen LogP contribution is -2.30. The van der Waals surface area contributed by atoms with Crippen LogP contribution >= 0.6 is 0 Å². The van der Waals surface area contributed by atoms with Crippen molar-refractivity contribution in [3.63, 3.8) is 0 Å². The summed E-state index contributed by atoms with van der Waals surface area (Å²) in [5.74, 6) is 6.14. The van der Waals surface area contributed by atoms with Gasteiger partial charge in [0.15, 0.2) is 0 Å². The zero-order valence-electron chi connectivity index (χ0n) is 9.59. The molecule has 13 heavy (non-hydrogen) atoms. The molecule has 0 aromatic carbocycles. The molecular weight excluding hydrogens is 156 g/mol. The average Bonchev–Trinajstić information content (AvgIpc) is 2.60. The predicted octanol–water partition coefficient (Wildman–Crippen LogP) is 3.96. The predicted molar refractivity (Wildman–Crippen MR) is 57.5 cm³/mol. The van der Waals surface area contributed by atoms with Gasteiger partial charge in [0.25, 0.3) is 0 Å². The maximum atomic E-state index is 2.43. The fourth-order valence-corrected chi connectivity index (χ4v) is 4.36. The van der Waals surface area contributed by atoms with Crippen molar-refractivity contribution in [2.45, 2.75) is 47.0 Å². The first kappa shape index (κ1) is 9.55. The Labute approximate surface area is 83.1 Å². The molecule has 2 unspecified atom stereocenters. The normalized spacial score (nSPS) is 43.8. The van der Waals surface area contributed by atoms with E-state index < -0.39 is 0 Å². The molecule has 2 aliphatic rings. The van der Waals surface area contributed by atoms with E-state index in [2.05, 4.69) is 27.7 Å². The van der Waals surface area contributed by atoms with Gasteiger partial charge in [0, 0.05) is 0 Å². The zero-order valence-corrected chi connectivity index (χ0v) is 9.59. The third-order valence-corrected chi connectivity index (χ3v) is 4.59. The van der Waals surface area contributed by atoms with E-state index in [0.717, 1.165) is 35.5 Å². The first-order valence-electron chi connectivity index (χ1n) is 6.11. The minimum Gasteiger partial charge on any atom is -0.0625 e. The van der Waals surface area contributed by atoms with Gasteiger partial charge in [0.1, 0.15) is 0 Å². The summed E-state index contributed by atoms with van der Waals surface area (Å²) in [6, 6.07) is 0. The quantitative estimate of drug-likeness (QED) is 0.603. The second-order valence-electron chi connectivity index (χ2n) is 5.98. The van der Waals surface area contributed by atoms with Gasteiger partial charge in [-0.3, -0.25) is 0 Å². The van der Waals surface area contributed by atoms with Crippen molar-refractivity contribution >= 4 is 0 Å². The number of hydrogen-bond acceptors (Lipinski definition) is 0. The number of fused-ring (bicyclic) bond motifs is 2. The van der Waals surface area contributed by atoms with Gasteiger partial charge >= 0.3 is 0 Å². The molecule has 0 saturated heterocycles. The van der Waals surface area contributed by atoms with Crippen LogP contribution in [-0.4, -0.2) is 0 Å². The molecule has 0 aromatic heterocycles. The number of hydrogen-bond donors (Lipinski definition) is 0. The van der Waals surface area contributed by atoms with Gasteiger partial charge in [-0.15, -0.1) is 0 Å². The Morgan fingerprint density at radius 1 is 0.769 bits per heavy atom. The van der Waals surface area contributed by atoms with Crippen molar-refractivity contribution < 1.29 is 0 Å². The van der Waals surface area contributed by atoms with Crippen molar-refractivity contribution in [3.05, 3.63) is 0 Å². The van der Waals surface area contributed by atoms with Crippen molar-refractivity contribution in [2.24, 2.45) is 35.5 Å². The van der Waals surface area contributed by atoms with Gasteiger partial charge in [-0.25, -0.2) is 0 Å². The van der Waals surface area contributed by atoms with Gasteiger partial charge in [-0.05, 0) is 54.8 Å². The Kier molecular flexibility index (Phi) is 2.42. The fraction of sp³-hybridized carbons (Fsp3) is 1.00. The molecule has 0 spiro atoms. The summed E-state index contributed by atoms with van der Waals surface area (Å²) in [6.45, 7) is 9.73. The second kappa shape index (κ2) is 3.29. The molecule has 2 bridgehead atoms. The SMILES string of the molecule is CC(C)C1C(C(C)C)[C@H]2CC[C@@H]1C2. The Bertz CT molecular complexity index is 160. The molecule has 0 heterocycles. The van der Waals surface area contributed by atoms with Crippen molar-refractivity contribution in [3.8, 4) is 0 Å². The molecule has 0 aliphatic heterocycles. The standard InChI is InChI=1S/C13H24/c1-8(2)12-10-5-6-11(7-10)13(12)9(3)4/h8-13H,5-7H2,1-4H3/t10-,11+,12?,13?. The summed E-state index contributed by atoms with van der Waals surface area (Å²) < 4.78 is 0. The van der Waals surface area contributed by atoms with Gasteiger partial charge in [0.2, 0.25) is 0 Å². The van der Waals surface area contributed by atoms with E-state index in [4.69, 9.17) is 0 Å². The summed E-state index contributed by atoms with van der Waals surface area (Å²) in [7, 11) is 0. The molecule has 2 rings (SSSR count). The second-order valence-corrected chi connectivity index (χ2v) is 5.98. The lowest BCUT2D eigenvalue weighted by atomic mass is 9.69. The van der Waals surface area contributed by atoms with Crippen LogP contribution in [0, 0.1) is 35.5 Å². The lowest BCUT2D eigenvalue weighted by Gasteiger charge is -2.36. The summed E-state index contributed by atoms with van der Waals surface area (Å²) in [4.78, 5) is 0. The molecule has 2 aliphatic carbocycles. The van der Waals surface area contributed by atoms with Crippen molar-refractivity contribution in [2.75, 3.05) is 0 Å². The highest BCUT2D eigenvalue weighted by Crippen LogP contribution is 2.56. The topological polar surface area (TPSA) is 0 Å². The number of rotatable bonds is 2. The molecule has 4 atom stereocenters. The lowest BCUT2D eigenvalue weighted by molar-refractivity contribution is 0.124. The van der Waals surface area contributed by atoms with E-state index in [0.29, 0.717) is 0 Å². The maximum Gasteiger partial charge on any atom is -0.0329 e. The minimum atomic E-state index is 0.919. The molecule has 0 aromatic rings. The Hall–Kier alpha value is 0. The third-order valence-electron chi connectivity index (χ3n) is 4.59. The largest absolute Gasteiger partial charge is 0.0625 e. The van der Waals surface area contributed by atoms with Crippen LogP contribution in [-0.2, 0) is 0 Å². The summed E-state index contributed by atoms with van der Waals surface area (Å²) >= 11 is 0. The van der Waals surface area contributed by atoms with Gasteiger partial charge in [-0.1, -0.05) is 27.7 Å². The Morgan fingerprint density at radius 2 is 1.15 bits per heavy atom. The van der Waals surface area contributed by atoms with Crippen LogP contribution in [0.15, 0.2) is 0 Å². The van der Waals surface area contributed by atoms with Crippen molar-refractivity contribution in [1.29, 1.82) is 0 Å². The Morgan fingerprint density at radius 3 is 1.46 bits per heavy atom. The van der Waals surface area contributed by atoms with E-state index in [1.165, 1.54) is 12.8 Å². The molecule has 0 radical (unpaired) electrons. The Balaban J connectivity index is 2.15. The summed E-state index contributed by atoms with van der Waals surface area (Å²) in [6.07, 6.45) is 4.64. The van der Waals surface area contributed by atoms with E-state index in [-0.39, 0.29) is 0 Å². The molecule has 2 fully saturated rings. The zero-order chi connectivity index (χ0) is 9.59. The highest BCUT2D eigenvalue weighted by atomic mass is 14.5. The highest BCUT2D eigenvalue weighted by molar-refractivity contribution is 4.98. The van der Waals surface area contributed by atoms with E-state index >= 15 is 0 Å². The van der Waals surface area contributed by atoms with E-state index in [1.54, 1.807) is 6.42 Å². The minimum absolute atomic E-state index is 0.919. The van der Waals surface area contributed by atoms with Crippen LogP contribution < -0.4 is 0 Å². The first-order valence-corrected chi connectivity index (χ1v) is 6.11. The first-order chi connectivity index (χ1) is 6.11. The van der Waals surface area contributed by atoms with E-state index in [1.807, 2.05) is 0 Å². The molecule has 0 amide bonds. The van der Waals surface area contributed by atoms with Crippen molar-refractivity contribution in [1.82, 2.24) is 0 Å². The molecule has 2 saturated carbocycles. The smallest absolute Gasteiger partial charge is 0.0329 e. The van der Waals surface area contributed by atoms with Crippen LogP contribution in [0.2, 0.25) is 0 Å². The van der Waals surface area contributed by atoms with Crippen LogP contribution in [0.1, 0.15) is 47.0 Å². The molecule has 0 N–H and O–H groups in total. The molecule has 76 valence electrons. The monoisotopic (exact) mass is 180 g/mol.